The van der Waals surface area contributed by atoms with E-state index in [4.69, 9.17) is 0 Å². The van der Waals surface area contributed by atoms with Gasteiger partial charge in [0, 0.05) is 17.7 Å². The molecule has 3 aromatic rings. The number of hydrogen-bond donors (Lipinski definition) is 2. The number of amides is 1. The number of nitrogens with zero attached hydrogens (tertiary/aromatic N) is 4. The van der Waals surface area contributed by atoms with Crippen LogP contribution >= 0.6 is 0 Å². The van der Waals surface area contributed by atoms with E-state index in [9.17, 15) is 24.8 Å². The van der Waals surface area contributed by atoms with Gasteiger partial charge in [-0.05, 0) is 24.1 Å². The van der Waals surface area contributed by atoms with Crippen molar-refractivity contribution < 1.29 is 14.8 Å². The first-order valence-electron chi connectivity index (χ1n) is 8.78. The predicted molar refractivity (Wildman–Crippen MR) is 110 cm³/mol. The molecular weight excluding hydrogens is 390 g/mol. The van der Waals surface area contributed by atoms with E-state index in [0.29, 0.717) is 17.5 Å². The van der Waals surface area contributed by atoms with Crippen LogP contribution in [-0.2, 0) is 17.8 Å². The molecule has 2 aromatic carbocycles. The van der Waals surface area contributed by atoms with Crippen molar-refractivity contribution in [1.29, 1.82) is 0 Å². The first-order chi connectivity index (χ1) is 14.4. The smallest absolute Gasteiger partial charge is 0.271 e. The molecule has 10 nitrogen and oxygen atoms in total. The number of hydrogen-bond acceptors (Lipinski definition) is 7. The minimum atomic E-state index is -0.585. The second-order valence-corrected chi connectivity index (χ2v) is 6.28. The number of phenols is 1. The minimum absolute atomic E-state index is 0.0411. The highest BCUT2D eigenvalue weighted by Gasteiger charge is 2.12. The van der Waals surface area contributed by atoms with Gasteiger partial charge in [0.2, 0.25) is 0 Å². The molecule has 1 aromatic heterocycles. The zero-order chi connectivity index (χ0) is 21.7. The Kier molecular flexibility index (Phi) is 5.97. The highest BCUT2D eigenvalue weighted by molar-refractivity contribution is 5.86. The van der Waals surface area contributed by atoms with E-state index in [-0.39, 0.29) is 28.9 Å². The number of phenolic OH excluding ortho intramolecular Hbond substituents is 1. The predicted octanol–water partition coefficient (Wildman–Crippen LogP) is 1.89. The Morgan fingerprint density at radius 1 is 1.37 bits per heavy atom. The van der Waals surface area contributed by atoms with Crippen LogP contribution in [0.2, 0.25) is 0 Å². The summed E-state index contributed by atoms with van der Waals surface area (Å²) >= 11 is 0. The fourth-order valence-electron chi connectivity index (χ4n) is 2.77. The highest BCUT2D eigenvalue weighted by Crippen LogP contribution is 2.21. The topological polar surface area (TPSA) is 140 Å². The number of aromatic nitrogens is 2. The van der Waals surface area contributed by atoms with Crippen LogP contribution in [0.1, 0.15) is 11.1 Å². The summed E-state index contributed by atoms with van der Waals surface area (Å²) < 4.78 is 1.07. The van der Waals surface area contributed by atoms with Gasteiger partial charge in [-0.2, -0.15) is 5.10 Å². The minimum Gasteiger partial charge on any atom is -0.507 e. The summed E-state index contributed by atoms with van der Waals surface area (Å²) in [6.45, 7) is 3.28. The number of rotatable bonds is 7. The summed E-state index contributed by atoms with van der Waals surface area (Å²) in [5.41, 5.74) is 2.85. The number of nitro benzene ring substituents is 1. The molecule has 152 valence electrons. The first-order valence-corrected chi connectivity index (χ1v) is 8.78. The van der Waals surface area contributed by atoms with Gasteiger partial charge in [0.05, 0.1) is 28.4 Å². The maximum atomic E-state index is 12.5. The Morgan fingerprint density at radius 3 is 2.90 bits per heavy atom. The second kappa shape index (κ2) is 8.78. The number of allylic oxidation sites excluding steroid dienone is 1. The SMILES string of the molecule is C=CCc1cccc(/C=N/NC(=O)Cn2cnc3cc([N+](=O)[O-])ccc3c2=O)c1O. The molecule has 0 radical (unpaired) electrons. The summed E-state index contributed by atoms with van der Waals surface area (Å²) in [5, 5.41) is 24.9. The molecule has 1 amide bonds. The Hall–Kier alpha value is -4.34. The molecule has 0 spiro atoms. The van der Waals surface area contributed by atoms with E-state index in [1.165, 1.54) is 24.4 Å². The monoisotopic (exact) mass is 407 g/mol. The first kappa shape index (κ1) is 20.4. The van der Waals surface area contributed by atoms with Crippen LogP contribution in [0.4, 0.5) is 5.69 Å². The van der Waals surface area contributed by atoms with Crippen molar-refractivity contribution in [2.75, 3.05) is 0 Å². The summed E-state index contributed by atoms with van der Waals surface area (Å²) in [6.07, 6.45) is 4.58. The third-order valence-electron chi connectivity index (χ3n) is 4.24. The lowest BCUT2D eigenvalue weighted by molar-refractivity contribution is -0.384. The third kappa shape index (κ3) is 4.38. The number of fused-ring (bicyclic) bond motifs is 1. The average molecular weight is 407 g/mol. The number of carbonyl (C=O) groups is 1. The normalized spacial score (nSPS) is 10.9. The molecule has 2 N–H and O–H groups in total. The molecule has 0 saturated carbocycles. The summed E-state index contributed by atoms with van der Waals surface area (Å²) in [4.78, 5) is 38.8. The number of nitrogens with one attached hydrogen (secondary N) is 1. The summed E-state index contributed by atoms with van der Waals surface area (Å²) in [5.74, 6) is -0.544. The van der Waals surface area contributed by atoms with Crippen molar-refractivity contribution in [3.8, 4) is 5.75 Å². The van der Waals surface area contributed by atoms with Crippen molar-refractivity contribution in [1.82, 2.24) is 15.0 Å². The largest absolute Gasteiger partial charge is 0.507 e. The fourth-order valence-corrected chi connectivity index (χ4v) is 2.77. The molecule has 3 rings (SSSR count). The summed E-state index contributed by atoms with van der Waals surface area (Å²) in [6, 6.07) is 8.82. The highest BCUT2D eigenvalue weighted by atomic mass is 16.6. The van der Waals surface area contributed by atoms with Gasteiger partial charge in [-0.3, -0.25) is 24.3 Å². The van der Waals surface area contributed by atoms with Gasteiger partial charge in [0.15, 0.2) is 0 Å². The van der Waals surface area contributed by atoms with Crippen LogP contribution in [0, 0.1) is 10.1 Å². The Morgan fingerprint density at radius 2 is 2.17 bits per heavy atom. The lowest BCUT2D eigenvalue weighted by atomic mass is 10.1. The zero-order valence-electron chi connectivity index (χ0n) is 15.7. The van der Waals surface area contributed by atoms with Crippen LogP contribution in [0.3, 0.4) is 0 Å². The number of aromatic hydroxyl groups is 1. The van der Waals surface area contributed by atoms with E-state index in [2.05, 4.69) is 22.1 Å². The maximum Gasteiger partial charge on any atom is 0.271 e. The van der Waals surface area contributed by atoms with Crippen LogP contribution < -0.4 is 11.0 Å². The molecule has 0 aliphatic rings. The average Bonchev–Trinajstić information content (AvgIpc) is 2.72. The molecule has 0 aliphatic carbocycles. The van der Waals surface area contributed by atoms with E-state index in [1.54, 1.807) is 24.3 Å². The lowest BCUT2D eigenvalue weighted by Gasteiger charge is -2.06. The number of non-ortho nitro benzene ring substituents is 1. The van der Waals surface area contributed by atoms with Gasteiger partial charge >= 0.3 is 0 Å². The molecule has 0 aliphatic heterocycles. The van der Waals surface area contributed by atoms with Gasteiger partial charge in [-0.1, -0.05) is 18.2 Å². The van der Waals surface area contributed by atoms with E-state index < -0.39 is 16.4 Å². The Labute approximate surface area is 170 Å². The van der Waals surface area contributed by atoms with E-state index in [0.717, 1.165) is 10.9 Å². The van der Waals surface area contributed by atoms with Gasteiger partial charge in [-0.15, -0.1) is 6.58 Å². The molecule has 1 heterocycles. The van der Waals surface area contributed by atoms with Crippen LogP contribution in [0.25, 0.3) is 10.9 Å². The van der Waals surface area contributed by atoms with Crippen molar-refractivity contribution in [2.45, 2.75) is 13.0 Å². The third-order valence-corrected chi connectivity index (χ3v) is 4.24. The molecule has 0 saturated heterocycles. The fraction of sp³-hybridized carbons (Fsp3) is 0.100. The molecule has 0 atom stereocenters. The molecule has 30 heavy (non-hydrogen) atoms. The van der Waals surface area contributed by atoms with Crippen molar-refractivity contribution >= 4 is 28.7 Å². The Balaban J connectivity index is 1.72. The van der Waals surface area contributed by atoms with Crippen molar-refractivity contribution in [2.24, 2.45) is 5.10 Å². The van der Waals surface area contributed by atoms with E-state index >= 15 is 0 Å². The van der Waals surface area contributed by atoms with E-state index in [1.807, 2.05) is 0 Å². The zero-order valence-corrected chi connectivity index (χ0v) is 15.7. The maximum absolute atomic E-state index is 12.5. The molecule has 0 fully saturated rings. The van der Waals surface area contributed by atoms with Crippen molar-refractivity contribution in [3.05, 3.63) is 87.0 Å². The number of benzene rings is 2. The van der Waals surface area contributed by atoms with Crippen LogP contribution in [-0.4, -0.2) is 31.7 Å². The van der Waals surface area contributed by atoms with Gasteiger partial charge in [0.1, 0.15) is 12.3 Å². The standard InChI is InChI=1S/C20H17N5O5/c1-2-4-13-5-3-6-14(19(13)27)10-22-23-18(26)11-24-12-21-17-9-15(25(29)30)7-8-16(17)20(24)28/h2-3,5-10,12,27H,1,4,11H2,(H,23,26)/b22-10+. The second-order valence-electron chi connectivity index (χ2n) is 6.28. The number of nitro groups is 1. The molecule has 0 bridgehead atoms. The van der Waals surface area contributed by atoms with Gasteiger partial charge in [-0.25, -0.2) is 10.4 Å². The van der Waals surface area contributed by atoms with Crippen LogP contribution in [0.5, 0.6) is 5.75 Å². The number of carbonyl (C=O) groups excluding carboxylic acids is 1. The van der Waals surface area contributed by atoms with Gasteiger partial charge in [0.25, 0.3) is 17.2 Å². The van der Waals surface area contributed by atoms with Crippen molar-refractivity contribution in [3.63, 3.8) is 0 Å². The van der Waals surface area contributed by atoms with Crippen LogP contribution in [0.15, 0.2) is 65.3 Å². The number of para-hydroxylation sites is 1. The summed E-state index contributed by atoms with van der Waals surface area (Å²) in [7, 11) is 0. The van der Waals surface area contributed by atoms with Gasteiger partial charge < -0.3 is 5.11 Å². The molecular formula is C20H17N5O5. The number of hydrazone groups is 1. The Bertz CT molecular complexity index is 1230. The quantitative estimate of drug-likeness (QED) is 0.265. The molecule has 0 unspecified atom stereocenters. The molecule has 10 heteroatoms. The lowest BCUT2D eigenvalue weighted by Crippen LogP contribution is -2.30.